The summed E-state index contributed by atoms with van der Waals surface area (Å²) in [4.78, 5) is 0. The molecule has 0 saturated heterocycles. The molecule has 0 aromatic rings. The Bertz CT molecular complexity index is 75.7. The molecule has 3 N–H and O–H groups in total. The van der Waals surface area contributed by atoms with Crippen molar-refractivity contribution in [2.24, 2.45) is 0 Å². The molecule has 0 bridgehead atoms. The molecule has 68 valence electrons. The predicted molar refractivity (Wildman–Crippen MR) is 43.3 cm³/mol. The van der Waals surface area contributed by atoms with E-state index in [1.54, 1.807) is 0 Å². The lowest BCUT2D eigenvalue weighted by atomic mass is 10.1. The quantitative estimate of drug-likeness (QED) is 0.471. The molecule has 0 spiro atoms. The van der Waals surface area contributed by atoms with E-state index in [-0.39, 0.29) is 19.3 Å². The van der Waals surface area contributed by atoms with E-state index in [9.17, 15) is 0 Å². The molecule has 0 aliphatic rings. The number of hydrogen-bond donors (Lipinski definition) is 3. The highest BCUT2D eigenvalue weighted by molar-refractivity contribution is 4.54. The summed E-state index contributed by atoms with van der Waals surface area (Å²) in [5, 5.41) is 26.0. The summed E-state index contributed by atoms with van der Waals surface area (Å²) < 4.78 is 0. The number of aliphatic hydroxyl groups excluding tert-OH is 3. The van der Waals surface area contributed by atoms with Crippen molar-refractivity contribution < 1.29 is 15.3 Å². The normalized spacial score (nSPS) is 13.4. The molecule has 0 saturated carbocycles. The summed E-state index contributed by atoms with van der Waals surface area (Å²) >= 11 is 0. The van der Waals surface area contributed by atoms with Crippen LogP contribution in [0.15, 0.2) is 0 Å². The molecule has 0 rings (SSSR count). The van der Waals surface area contributed by atoms with Crippen LogP contribution in [0.4, 0.5) is 0 Å². The molecule has 0 aromatic carbocycles. The Hall–Kier alpha value is -0.120. The van der Waals surface area contributed by atoms with Gasteiger partial charge in [-0.3, -0.25) is 0 Å². The number of aliphatic hydroxyl groups is 3. The van der Waals surface area contributed by atoms with E-state index in [1.807, 2.05) is 0 Å². The first-order valence-corrected chi connectivity index (χ1v) is 4.21. The predicted octanol–water partition coefficient (Wildman–Crippen LogP) is 0.282. The van der Waals surface area contributed by atoms with Gasteiger partial charge in [-0.2, -0.15) is 0 Å². The van der Waals surface area contributed by atoms with Crippen LogP contribution in [-0.2, 0) is 0 Å². The van der Waals surface area contributed by atoms with E-state index in [2.05, 4.69) is 0 Å². The first-order valence-electron chi connectivity index (χ1n) is 4.21. The lowest BCUT2D eigenvalue weighted by molar-refractivity contribution is 0.121. The highest BCUT2D eigenvalue weighted by atomic mass is 16.3. The van der Waals surface area contributed by atoms with E-state index >= 15 is 0 Å². The summed E-state index contributed by atoms with van der Waals surface area (Å²) in [5.41, 5.74) is 0. The second-order valence-corrected chi connectivity index (χ2v) is 2.74. The molecule has 0 unspecified atom stereocenters. The number of unbranched alkanes of at least 4 members (excludes halogenated alkanes) is 2. The fourth-order valence-corrected chi connectivity index (χ4v) is 0.962. The molecule has 0 radical (unpaired) electrons. The fraction of sp³-hybridized carbons (Fsp3) is 1.00. The van der Waals surface area contributed by atoms with Gasteiger partial charge in [0.2, 0.25) is 0 Å². The average Bonchev–Trinajstić information content (AvgIpc) is 1.99. The SMILES string of the molecule is OCCCCC[C@@H](O)CCO. The van der Waals surface area contributed by atoms with Crippen molar-refractivity contribution in [2.45, 2.75) is 38.2 Å². The zero-order chi connectivity index (χ0) is 8.53. The van der Waals surface area contributed by atoms with Crippen LogP contribution in [0.1, 0.15) is 32.1 Å². The van der Waals surface area contributed by atoms with Gasteiger partial charge in [0.1, 0.15) is 0 Å². The Morgan fingerprint density at radius 2 is 1.55 bits per heavy atom. The van der Waals surface area contributed by atoms with Crippen LogP contribution in [0.5, 0.6) is 0 Å². The number of rotatable bonds is 7. The maximum atomic E-state index is 9.13. The van der Waals surface area contributed by atoms with Gasteiger partial charge in [-0.1, -0.05) is 12.8 Å². The monoisotopic (exact) mass is 162 g/mol. The average molecular weight is 162 g/mol. The summed E-state index contributed by atoms with van der Waals surface area (Å²) in [6.07, 6.45) is 3.55. The van der Waals surface area contributed by atoms with Crippen molar-refractivity contribution in [3.8, 4) is 0 Å². The second kappa shape index (κ2) is 7.98. The minimum absolute atomic E-state index is 0.0567. The topological polar surface area (TPSA) is 60.7 Å². The largest absolute Gasteiger partial charge is 0.396 e. The Kier molecular flexibility index (Phi) is 7.89. The standard InChI is InChI=1S/C8H18O3/c9-6-3-1-2-4-8(11)5-7-10/h8-11H,1-7H2/t8-/m1/s1. The molecule has 0 aliphatic heterocycles. The fourth-order valence-electron chi connectivity index (χ4n) is 0.962. The van der Waals surface area contributed by atoms with Gasteiger partial charge in [0, 0.05) is 13.2 Å². The molecule has 0 aliphatic carbocycles. The minimum Gasteiger partial charge on any atom is -0.396 e. The van der Waals surface area contributed by atoms with Crippen LogP contribution < -0.4 is 0 Å². The molecule has 0 heterocycles. The van der Waals surface area contributed by atoms with E-state index in [1.165, 1.54) is 0 Å². The van der Waals surface area contributed by atoms with Gasteiger partial charge >= 0.3 is 0 Å². The molecule has 3 nitrogen and oxygen atoms in total. The lowest BCUT2D eigenvalue weighted by Crippen LogP contribution is -2.08. The van der Waals surface area contributed by atoms with Crippen molar-refractivity contribution in [3.05, 3.63) is 0 Å². The van der Waals surface area contributed by atoms with Gasteiger partial charge in [-0.25, -0.2) is 0 Å². The Labute approximate surface area is 67.7 Å². The van der Waals surface area contributed by atoms with Crippen molar-refractivity contribution in [1.29, 1.82) is 0 Å². The molecule has 0 aromatic heterocycles. The van der Waals surface area contributed by atoms with Crippen LogP contribution in [-0.4, -0.2) is 34.6 Å². The lowest BCUT2D eigenvalue weighted by Gasteiger charge is -2.07. The third kappa shape index (κ3) is 7.78. The summed E-state index contributed by atoms with van der Waals surface area (Å²) in [7, 11) is 0. The van der Waals surface area contributed by atoms with Crippen molar-refractivity contribution in [3.63, 3.8) is 0 Å². The Morgan fingerprint density at radius 1 is 0.818 bits per heavy atom. The maximum absolute atomic E-state index is 9.13. The van der Waals surface area contributed by atoms with Gasteiger partial charge in [-0.15, -0.1) is 0 Å². The van der Waals surface area contributed by atoms with Crippen LogP contribution >= 0.6 is 0 Å². The van der Waals surface area contributed by atoms with E-state index in [0.29, 0.717) is 6.42 Å². The third-order valence-electron chi connectivity index (χ3n) is 1.66. The molecular weight excluding hydrogens is 144 g/mol. The first-order chi connectivity index (χ1) is 5.31. The summed E-state index contributed by atoms with van der Waals surface area (Å²) in [5.74, 6) is 0. The van der Waals surface area contributed by atoms with Crippen LogP contribution in [0.3, 0.4) is 0 Å². The van der Waals surface area contributed by atoms with Crippen molar-refractivity contribution in [1.82, 2.24) is 0 Å². The van der Waals surface area contributed by atoms with Gasteiger partial charge in [-0.05, 0) is 19.3 Å². The molecular formula is C8H18O3. The minimum atomic E-state index is -0.362. The summed E-state index contributed by atoms with van der Waals surface area (Å²) in [6.45, 7) is 0.289. The molecule has 0 fully saturated rings. The van der Waals surface area contributed by atoms with E-state index in [4.69, 9.17) is 15.3 Å². The smallest absolute Gasteiger partial charge is 0.0562 e. The Balaban J connectivity index is 2.97. The second-order valence-electron chi connectivity index (χ2n) is 2.74. The highest BCUT2D eigenvalue weighted by Crippen LogP contribution is 2.05. The van der Waals surface area contributed by atoms with Crippen LogP contribution in [0.2, 0.25) is 0 Å². The van der Waals surface area contributed by atoms with Crippen molar-refractivity contribution >= 4 is 0 Å². The maximum Gasteiger partial charge on any atom is 0.0562 e. The Morgan fingerprint density at radius 3 is 2.09 bits per heavy atom. The first kappa shape index (κ1) is 10.9. The molecule has 11 heavy (non-hydrogen) atoms. The van der Waals surface area contributed by atoms with Crippen LogP contribution in [0.25, 0.3) is 0 Å². The zero-order valence-electron chi connectivity index (χ0n) is 6.87. The van der Waals surface area contributed by atoms with E-state index in [0.717, 1.165) is 25.7 Å². The van der Waals surface area contributed by atoms with Gasteiger partial charge in [0.25, 0.3) is 0 Å². The molecule has 1 atom stereocenters. The van der Waals surface area contributed by atoms with Crippen molar-refractivity contribution in [2.75, 3.05) is 13.2 Å². The van der Waals surface area contributed by atoms with Gasteiger partial charge < -0.3 is 15.3 Å². The molecule has 0 amide bonds. The highest BCUT2D eigenvalue weighted by Gasteiger charge is 2.01. The third-order valence-corrected chi connectivity index (χ3v) is 1.66. The van der Waals surface area contributed by atoms with Gasteiger partial charge in [0.15, 0.2) is 0 Å². The number of hydrogen-bond acceptors (Lipinski definition) is 3. The molecule has 3 heteroatoms. The zero-order valence-corrected chi connectivity index (χ0v) is 6.87. The van der Waals surface area contributed by atoms with Gasteiger partial charge in [0.05, 0.1) is 6.10 Å². The summed E-state index contributed by atoms with van der Waals surface area (Å²) in [6, 6.07) is 0. The van der Waals surface area contributed by atoms with E-state index < -0.39 is 0 Å². The van der Waals surface area contributed by atoms with Crippen LogP contribution in [0, 0.1) is 0 Å².